The molecule has 5 nitrogen and oxygen atoms in total. The number of aromatic hydroxyl groups is 1. The molecule has 0 amide bonds. The Labute approximate surface area is 128 Å². The molecular weight excluding hydrogens is 284 g/mol. The Hall–Kier alpha value is -2.27. The van der Waals surface area contributed by atoms with Crippen LogP contribution < -0.4 is 10.4 Å². The maximum absolute atomic E-state index is 11.9. The number of aliphatic hydroxyl groups is 1. The van der Waals surface area contributed by atoms with Gasteiger partial charge >= 0.3 is 5.63 Å². The molecule has 0 saturated heterocycles. The summed E-state index contributed by atoms with van der Waals surface area (Å²) in [6.45, 7) is 2.56. The second-order valence-electron chi connectivity index (χ2n) is 4.90. The first-order valence-electron chi connectivity index (χ1n) is 7.37. The maximum atomic E-state index is 11.9. The number of hydrogen-bond donors (Lipinski definition) is 2. The molecule has 0 bridgehead atoms. The Morgan fingerprint density at radius 1 is 1.32 bits per heavy atom. The molecule has 5 heteroatoms. The first kappa shape index (κ1) is 16.1. The molecule has 1 aromatic carbocycles. The average Bonchev–Trinajstić information content (AvgIpc) is 2.52. The van der Waals surface area contributed by atoms with E-state index in [2.05, 4.69) is 0 Å². The zero-order valence-corrected chi connectivity index (χ0v) is 12.5. The standard InChI is InChI=1S/C17H20O5/c1-2-3-6-13-16(19)14-11-12(21-10-5-4-9-18)7-8-15(14)22-17(13)20/h3,6-8,11,18-19H,2,4-5,9-10H2,1H3. The monoisotopic (exact) mass is 304 g/mol. The van der Waals surface area contributed by atoms with E-state index in [0.717, 1.165) is 12.8 Å². The Morgan fingerprint density at radius 3 is 2.86 bits per heavy atom. The highest BCUT2D eigenvalue weighted by molar-refractivity contribution is 5.87. The van der Waals surface area contributed by atoms with Gasteiger partial charge in [0.1, 0.15) is 22.6 Å². The highest BCUT2D eigenvalue weighted by Crippen LogP contribution is 2.30. The molecule has 0 aliphatic carbocycles. The summed E-state index contributed by atoms with van der Waals surface area (Å²) in [4.78, 5) is 11.9. The van der Waals surface area contributed by atoms with Crippen molar-refractivity contribution in [1.29, 1.82) is 0 Å². The molecule has 1 heterocycles. The summed E-state index contributed by atoms with van der Waals surface area (Å²) >= 11 is 0. The van der Waals surface area contributed by atoms with Crippen molar-refractivity contribution < 1.29 is 19.4 Å². The molecule has 0 spiro atoms. The number of rotatable bonds is 7. The fraction of sp³-hybridized carbons (Fsp3) is 0.353. The van der Waals surface area contributed by atoms with Crippen LogP contribution in [-0.4, -0.2) is 23.4 Å². The molecule has 118 valence electrons. The Kier molecular flexibility index (Phi) is 5.61. The second-order valence-corrected chi connectivity index (χ2v) is 4.90. The van der Waals surface area contributed by atoms with Gasteiger partial charge in [0.25, 0.3) is 0 Å². The zero-order chi connectivity index (χ0) is 15.9. The van der Waals surface area contributed by atoms with Gasteiger partial charge in [-0.15, -0.1) is 0 Å². The van der Waals surface area contributed by atoms with Crippen LogP contribution in [0.4, 0.5) is 0 Å². The number of ether oxygens (including phenoxy) is 1. The molecule has 0 aliphatic rings. The minimum absolute atomic E-state index is 0.100. The van der Waals surface area contributed by atoms with Gasteiger partial charge in [-0.05, 0) is 43.5 Å². The van der Waals surface area contributed by atoms with E-state index in [4.69, 9.17) is 14.3 Å². The summed E-state index contributed by atoms with van der Waals surface area (Å²) in [5, 5.41) is 19.5. The first-order chi connectivity index (χ1) is 10.7. The van der Waals surface area contributed by atoms with Gasteiger partial charge in [-0.3, -0.25) is 0 Å². The lowest BCUT2D eigenvalue weighted by Crippen LogP contribution is -2.04. The lowest BCUT2D eigenvalue weighted by molar-refractivity contribution is 0.253. The van der Waals surface area contributed by atoms with Crippen molar-refractivity contribution in [3.05, 3.63) is 40.3 Å². The van der Waals surface area contributed by atoms with Gasteiger partial charge in [0.2, 0.25) is 0 Å². The van der Waals surface area contributed by atoms with Gasteiger partial charge < -0.3 is 19.4 Å². The molecule has 2 aromatic rings. The summed E-state index contributed by atoms with van der Waals surface area (Å²) in [6.07, 6.45) is 5.53. The van der Waals surface area contributed by atoms with Crippen molar-refractivity contribution >= 4 is 17.0 Å². The zero-order valence-electron chi connectivity index (χ0n) is 12.5. The molecule has 0 fully saturated rings. The van der Waals surface area contributed by atoms with E-state index in [1.165, 1.54) is 0 Å². The fourth-order valence-corrected chi connectivity index (χ4v) is 2.06. The first-order valence-corrected chi connectivity index (χ1v) is 7.37. The highest BCUT2D eigenvalue weighted by Gasteiger charge is 2.12. The molecule has 22 heavy (non-hydrogen) atoms. The lowest BCUT2D eigenvalue weighted by Gasteiger charge is -2.08. The summed E-state index contributed by atoms with van der Waals surface area (Å²) in [6, 6.07) is 4.94. The van der Waals surface area contributed by atoms with E-state index >= 15 is 0 Å². The summed E-state index contributed by atoms with van der Waals surface area (Å²) in [5.74, 6) is 0.483. The van der Waals surface area contributed by atoms with E-state index in [1.54, 1.807) is 30.4 Å². The van der Waals surface area contributed by atoms with Crippen LogP contribution in [0.15, 0.2) is 33.5 Å². The van der Waals surface area contributed by atoms with Gasteiger partial charge in [-0.2, -0.15) is 0 Å². The summed E-state index contributed by atoms with van der Waals surface area (Å²) in [5.41, 5.74) is -0.100. The van der Waals surface area contributed by atoms with Crippen LogP contribution >= 0.6 is 0 Å². The van der Waals surface area contributed by atoms with Crippen LogP contribution in [0.25, 0.3) is 17.0 Å². The van der Waals surface area contributed by atoms with E-state index in [1.807, 2.05) is 6.92 Å². The minimum Gasteiger partial charge on any atom is -0.506 e. The van der Waals surface area contributed by atoms with Crippen LogP contribution in [0.2, 0.25) is 0 Å². The Bertz CT molecular complexity index is 715. The number of unbranched alkanes of at least 4 members (excludes halogenated alkanes) is 1. The summed E-state index contributed by atoms with van der Waals surface area (Å²) < 4.78 is 10.8. The van der Waals surface area contributed by atoms with E-state index < -0.39 is 5.63 Å². The van der Waals surface area contributed by atoms with E-state index in [0.29, 0.717) is 29.7 Å². The van der Waals surface area contributed by atoms with E-state index in [-0.39, 0.29) is 17.9 Å². The Balaban J connectivity index is 2.34. The van der Waals surface area contributed by atoms with Crippen LogP contribution in [-0.2, 0) is 0 Å². The number of fused-ring (bicyclic) bond motifs is 1. The van der Waals surface area contributed by atoms with Crippen LogP contribution in [0.3, 0.4) is 0 Å². The number of hydrogen-bond acceptors (Lipinski definition) is 5. The predicted octanol–water partition coefficient (Wildman–Crippen LogP) is 3.07. The molecule has 1 aromatic heterocycles. The van der Waals surface area contributed by atoms with Crippen molar-refractivity contribution in [3.8, 4) is 11.5 Å². The van der Waals surface area contributed by atoms with Gasteiger partial charge in [0.05, 0.1) is 12.0 Å². The van der Waals surface area contributed by atoms with Gasteiger partial charge in [0, 0.05) is 6.61 Å². The molecule has 0 radical (unpaired) electrons. The third kappa shape index (κ3) is 3.68. The van der Waals surface area contributed by atoms with Gasteiger partial charge in [-0.1, -0.05) is 13.0 Å². The van der Waals surface area contributed by atoms with Crippen molar-refractivity contribution in [2.75, 3.05) is 13.2 Å². The average molecular weight is 304 g/mol. The molecule has 0 atom stereocenters. The summed E-state index contributed by atoms with van der Waals surface area (Å²) in [7, 11) is 0. The van der Waals surface area contributed by atoms with Crippen molar-refractivity contribution in [3.63, 3.8) is 0 Å². The van der Waals surface area contributed by atoms with Crippen molar-refractivity contribution in [2.24, 2.45) is 0 Å². The third-order valence-electron chi connectivity index (χ3n) is 3.23. The predicted molar refractivity (Wildman–Crippen MR) is 85.3 cm³/mol. The van der Waals surface area contributed by atoms with Crippen LogP contribution in [0.5, 0.6) is 11.5 Å². The second kappa shape index (κ2) is 7.66. The molecular formula is C17H20O5. The van der Waals surface area contributed by atoms with Crippen molar-refractivity contribution in [2.45, 2.75) is 26.2 Å². The molecule has 0 aliphatic heterocycles. The fourth-order valence-electron chi connectivity index (χ4n) is 2.06. The topological polar surface area (TPSA) is 79.9 Å². The number of benzene rings is 1. The minimum atomic E-state index is -0.564. The van der Waals surface area contributed by atoms with Crippen LogP contribution in [0, 0.1) is 0 Å². The van der Waals surface area contributed by atoms with Gasteiger partial charge in [0.15, 0.2) is 0 Å². The third-order valence-corrected chi connectivity index (χ3v) is 3.23. The maximum Gasteiger partial charge on any atom is 0.347 e. The molecule has 2 rings (SSSR count). The lowest BCUT2D eigenvalue weighted by atomic mass is 10.1. The van der Waals surface area contributed by atoms with Crippen molar-refractivity contribution in [1.82, 2.24) is 0 Å². The SMILES string of the molecule is CCC=Cc1c(O)c2cc(OCCCCO)ccc2oc1=O. The Morgan fingerprint density at radius 2 is 2.14 bits per heavy atom. The largest absolute Gasteiger partial charge is 0.506 e. The smallest absolute Gasteiger partial charge is 0.347 e. The van der Waals surface area contributed by atoms with E-state index in [9.17, 15) is 9.90 Å². The number of aliphatic hydroxyl groups excluding tert-OH is 1. The normalized spacial score (nSPS) is 11.4. The van der Waals surface area contributed by atoms with Crippen LogP contribution in [0.1, 0.15) is 31.7 Å². The molecule has 0 saturated carbocycles. The van der Waals surface area contributed by atoms with Gasteiger partial charge in [-0.25, -0.2) is 4.79 Å². The quantitative estimate of drug-likeness (QED) is 0.607. The number of allylic oxidation sites excluding steroid dienone is 1. The molecule has 0 unspecified atom stereocenters. The highest BCUT2D eigenvalue weighted by atomic mass is 16.5. The molecule has 2 N–H and O–H groups in total.